The minimum Gasteiger partial charge on any atom is -0.480 e. The molecule has 0 aromatic heterocycles. The van der Waals surface area contributed by atoms with Crippen LogP contribution in [0.1, 0.15) is 12.5 Å². The molecule has 0 aliphatic carbocycles. The Kier molecular flexibility index (Phi) is 6.12. The molecule has 2 aromatic carbocycles. The first-order valence-electron chi connectivity index (χ1n) is 6.70. The quantitative estimate of drug-likeness (QED) is 0.727. The topological polar surface area (TPSA) is 38.3 Å². The molecule has 0 aliphatic heterocycles. The summed E-state index contributed by atoms with van der Waals surface area (Å²) in [4.78, 5) is 12.0. The third kappa shape index (κ3) is 5.00. The highest BCUT2D eigenvalue weighted by molar-refractivity contribution is 9.10. The second-order valence-corrected chi connectivity index (χ2v) is 6.56. The molecule has 0 fully saturated rings. The SMILES string of the molecule is CC(Oc1ccc(F)cc1Br)C(=O)NCc1cc(Br)ccc1F. The van der Waals surface area contributed by atoms with Crippen molar-refractivity contribution in [2.45, 2.75) is 19.6 Å². The molecule has 1 atom stereocenters. The highest BCUT2D eigenvalue weighted by atomic mass is 79.9. The molecule has 1 unspecified atom stereocenters. The Morgan fingerprint density at radius 3 is 2.65 bits per heavy atom. The molecule has 0 radical (unpaired) electrons. The molecule has 2 aromatic rings. The highest BCUT2D eigenvalue weighted by Gasteiger charge is 2.16. The number of rotatable bonds is 5. The molecule has 23 heavy (non-hydrogen) atoms. The van der Waals surface area contributed by atoms with Gasteiger partial charge >= 0.3 is 0 Å². The van der Waals surface area contributed by atoms with Crippen molar-refractivity contribution in [3.05, 3.63) is 62.5 Å². The molecule has 122 valence electrons. The van der Waals surface area contributed by atoms with E-state index in [1.54, 1.807) is 19.1 Å². The Morgan fingerprint density at radius 1 is 1.22 bits per heavy atom. The van der Waals surface area contributed by atoms with Crippen LogP contribution < -0.4 is 10.1 Å². The number of hydrogen-bond donors (Lipinski definition) is 1. The number of benzene rings is 2. The summed E-state index contributed by atoms with van der Waals surface area (Å²) in [5.41, 5.74) is 0.364. The van der Waals surface area contributed by atoms with E-state index < -0.39 is 23.6 Å². The van der Waals surface area contributed by atoms with Crippen LogP contribution in [0.3, 0.4) is 0 Å². The predicted molar refractivity (Wildman–Crippen MR) is 90.1 cm³/mol. The van der Waals surface area contributed by atoms with Gasteiger partial charge in [-0.1, -0.05) is 15.9 Å². The Balaban J connectivity index is 1.96. The van der Waals surface area contributed by atoms with Gasteiger partial charge in [-0.2, -0.15) is 0 Å². The molecule has 3 nitrogen and oxygen atoms in total. The van der Waals surface area contributed by atoms with Gasteiger partial charge < -0.3 is 10.1 Å². The number of hydrogen-bond acceptors (Lipinski definition) is 2. The molecule has 0 saturated heterocycles. The zero-order valence-corrected chi connectivity index (χ0v) is 15.2. The molecule has 1 amide bonds. The van der Waals surface area contributed by atoms with Crippen molar-refractivity contribution in [3.63, 3.8) is 0 Å². The van der Waals surface area contributed by atoms with Crippen LogP contribution >= 0.6 is 31.9 Å². The molecular weight excluding hydrogens is 436 g/mol. The van der Waals surface area contributed by atoms with Gasteiger partial charge in [0.25, 0.3) is 5.91 Å². The molecule has 2 rings (SSSR count). The minimum atomic E-state index is -0.813. The summed E-state index contributed by atoms with van der Waals surface area (Å²) in [5, 5.41) is 2.60. The van der Waals surface area contributed by atoms with Gasteiger partial charge in [-0.25, -0.2) is 8.78 Å². The van der Waals surface area contributed by atoms with E-state index in [9.17, 15) is 13.6 Å². The van der Waals surface area contributed by atoms with Gasteiger partial charge in [0.2, 0.25) is 0 Å². The Morgan fingerprint density at radius 2 is 1.96 bits per heavy atom. The number of carbonyl (C=O) groups is 1. The lowest BCUT2D eigenvalue weighted by atomic mass is 10.2. The van der Waals surface area contributed by atoms with Gasteiger partial charge in [-0.15, -0.1) is 0 Å². The van der Waals surface area contributed by atoms with Crippen LogP contribution in [0.5, 0.6) is 5.75 Å². The van der Waals surface area contributed by atoms with Crippen molar-refractivity contribution in [3.8, 4) is 5.75 Å². The summed E-state index contributed by atoms with van der Waals surface area (Å²) in [6.45, 7) is 1.60. The molecule has 0 saturated carbocycles. The van der Waals surface area contributed by atoms with Crippen LogP contribution in [0, 0.1) is 11.6 Å². The fourth-order valence-electron chi connectivity index (χ4n) is 1.82. The van der Waals surface area contributed by atoms with Gasteiger partial charge in [0.05, 0.1) is 4.47 Å². The second kappa shape index (κ2) is 7.88. The number of ether oxygens (including phenoxy) is 1. The molecule has 0 heterocycles. The lowest BCUT2D eigenvalue weighted by molar-refractivity contribution is -0.127. The van der Waals surface area contributed by atoms with Crippen LogP contribution in [0.2, 0.25) is 0 Å². The minimum absolute atomic E-state index is 0.0440. The summed E-state index contributed by atoms with van der Waals surface area (Å²) < 4.78 is 33.2. The van der Waals surface area contributed by atoms with Crippen molar-refractivity contribution in [1.82, 2.24) is 5.32 Å². The fraction of sp³-hybridized carbons (Fsp3) is 0.188. The maximum atomic E-state index is 13.6. The van der Waals surface area contributed by atoms with Crippen LogP contribution in [0.25, 0.3) is 0 Å². The number of carbonyl (C=O) groups excluding carboxylic acids is 1. The van der Waals surface area contributed by atoms with E-state index in [1.807, 2.05) is 0 Å². The van der Waals surface area contributed by atoms with Crippen molar-refractivity contribution in [2.24, 2.45) is 0 Å². The number of nitrogens with one attached hydrogen (secondary N) is 1. The highest BCUT2D eigenvalue weighted by Crippen LogP contribution is 2.26. The van der Waals surface area contributed by atoms with Crippen molar-refractivity contribution >= 4 is 37.8 Å². The summed E-state index contributed by atoms with van der Waals surface area (Å²) in [7, 11) is 0. The second-order valence-electron chi connectivity index (χ2n) is 4.79. The van der Waals surface area contributed by atoms with E-state index >= 15 is 0 Å². The van der Waals surface area contributed by atoms with Crippen molar-refractivity contribution in [2.75, 3.05) is 0 Å². The average molecular weight is 449 g/mol. The molecule has 0 bridgehead atoms. The maximum Gasteiger partial charge on any atom is 0.261 e. The van der Waals surface area contributed by atoms with Crippen molar-refractivity contribution in [1.29, 1.82) is 0 Å². The van der Waals surface area contributed by atoms with Crippen LogP contribution in [0.15, 0.2) is 45.3 Å². The molecule has 1 N–H and O–H groups in total. The monoisotopic (exact) mass is 447 g/mol. The zero-order chi connectivity index (χ0) is 17.0. The normalized spacial score (nSPS) is 11.9. The van der Waals surface area contributed by atoms with E-state index in [2.05, 4.69) is 37.2 Å². The van der Waals surface area contributed by atoms with Crippen LogP contribution in [0.4, 0.5) is 8.78 Å². The van der Waals surface area contributed by atoms with E-state index in [4.69, 9.17) is 4.74 Å². The predicted octanol–water partition coefficient (Wildman–Crippen LogP) is 4.57. The van der Waals surface area contributed by atoms with E-state index in [0.29, 0.717) is 15.8 Å². The van der Waals surface area contributed by atoms with Gasteiger partial charge in [0.1, 0.15) is 17.4 Å². The van der Waals surface area contributed by atoms with Crippen molar-refractivity contribution < 1.29 is 18.3 Å². The fourth-order valence-corrected chi connectivity index (χ4v) is 2.67. The van der Waals surface area contributed by atoms with Gasteiger partial charge in [0.15, 0.2) is 6.10 Å². The third-order valence-electron chi connectivity index (χ3n) is 3.03. The standard InChI is InChI=1S/C16H13Br2F2NO2/c1-9(23-15-5-3-12(19)7-13(15)18)16(22)21-8-10-6-11(17)2-4-14(10)20/h2-7,9H,8H2,1H3,(H,21,22). The molecular formula is C16H13Br2F2NO2. The molecule has 0 spiro atoms. The third-order valence-corrected chi connectivity index (χ3v) is 4.14. The largest absolute Gasteiger partial charge is 0.480 e. The lowest BCUT2D eigenvalue weighted by Crippen LogP contribution is -2.36. The maximum absolute atomic E-state index is 13.6. The number of halogens is 4. The summed E-state index contributed by atoms with van der Waals surface area (Å²) in [5.74, 6) is -0.863. The first-order chi connectivity index (χ1) is 10.9. The Bertz CT molecular complexity index is 725. The molecule has 7 heteroatoms. The first kappa shape index (κ1) is 17.9. The summed E-state index contributed by atoms with van der Waals surface area (Å²) in [6.07, 6.45) is -0.813. The lowest BCUT2D eigenvalue weighted by Gasteiger charge is -2.16. The Labute approximate surface area is 149 Å². The number of amides is 1. The van der Waals surface area contributed by atoms with Crippen LogP contribution in [-0.2, 0) is 11.3 Å². The smallest absolute Gasteiger partial charge is 0.261 e. The van der Waals surface area contributed by atoms with E-state index in [0.717, 1.165) is 4.47 Å². The average Bonchev–Trinajstić information content (AvgIpc) is 2.50. The van der Waals surface area contributed by atoms with Crippen LogP contribution in [-0.4, -0.2) is 12.0 Å². The summed E-state index contributed by atoms with van der Waals surface area (Å²) >= 11 is 6.42. The van der Waals surface area contributed by atoms with E-state index in [-0.39, 0.29) is 6.54 Å². The van der Waals surface area contributed by atoms with Gasteiger partial charge in [-0.05, 0) is 59.3 Å². The van der Waals surface area contributed by atoms with E-state index in [1.165, 1.54) is 24.3 Å². The van der Waals surface area contributed by atoms with Gasteiger partial charge in [-0.3, -0.25) is 4.79 Å². The molecule has 0 aliphatic rings. The van der Waals surface area contributed by atoms with Gasteiger partial charge in [0, 0.05) is 16.6 Å². The summed E-state index contributed by atoms with van der Waals surface area (Å²) in [6, 6.07) is 8.41. The Hall–Kier alpha value is -1.47. The zero-order valence-electron chi connectivity index (χ0n) is 12.1. The first-order valence-corrected chi connectivity index (χ1v) is 8.29.